The van der Waals surface area contributed by atoms with Crippen LogP contribution in [0, 0.1) is 0 Å². The molecule has 0 heterocycles. The van der Waals surface area contributed by atoms with Crippen LogP contribution in [0.1, 0.15) is 17.2 Å². The lowest BCUT2D eigenvalue weighted by molar-refractivity contribution is -0.139. The van der Waals surface area contributed by atoms with Crippen LogP contribution in [0.15, 0.2) is 24.3 Å². The first-order valence-electron chi connectivity index (χ1n) is 4.63. The van der Waals surface area contributed by atoms with Gasteiger partial charge in [-0.15, -0.1) is 0 Å². The zero-order valence-corrected chi connectivity index (χ0v) is 8.53. The Morgan fingerprint density at radius 1 is 1.35 bits per heavy atom. The van der Waals surface area contributed by atoms with E-state index >= 15 is 0 Å². The van der Waals surface area contributed by atoms with Crippen molar-refractivity contribution in [3.8, 4) is 0 Å². The fraction of sp³-hybridized carbons (Fsp3) is 0.300. The van der Waals surface area contributed by atoms with Crippen LogP contribution in [0.25, 0.3) is 0 Å². The first kappa shape index (κ1) is 13.3. The Bertz CT molecular complexity index is 406. The molecule has 0 saturated heterocycles. The van der Waals surface area contributed by atoms with Crippen molar-refractivity contribution < 1.29 is 28.2 Å². The van der Waals surface area contributed by atoms with Crippen molar-refractivity contribution in [3.63, 3.8) is 0 Å². The maximum Gasteiger partial charge on any atom is 0.416 e. The quantitative estimate of drug-likeness (QED) is 0.767. The Labute approximate surface area is 94.7 Å². The summed E-state index contributed by atoms with van der Waals surface area (Å²) in [5.41, 5.74) is -1.33. The number of hydrogen-bond donors (Lipinski definition) is 3. The number of amides is 1. The Hall–Kier alpha value is -1.76. The molecule has 1 unspecified atom stereocenters. The molecule has 0 spiro atoms. The van der Waals surface area contributed by atoms with Gasteiger partial charge in [0.1, 0.15) is 0 Å². The van der Waals surface area contributed by atoms with E-state index in [2.05, 4.69) is 0 Å². The van der Waals surface area contributed by atoms with Crippen molar-refractivity contribution in [3.05, 3.63) is 35.4 Å². The number of benzene rings is 1. The maximum atomic E-state index is 12.6. The van der Waals surface area contributed by atoms with E-state index in [0.717, 1.165) is 12.1 Å². The third kappa shape index (κ3) is 3.63. The highest BCUT2D eigenvalue weighted by atomic mass is 19.4. The maximum absolute atomic E-state index is 12.6. The van der Waals surface area contributed by atoms with Crippen LogP contribution in [-0.2, 0) is 6.18 Å². The van der Waals surface area contributed by atoms with E-state index in [0.29, 0.717) is 0 Å². The summed E-state index contributed by atoms with van der Waals surface area (Å²) in [6, 6.07) is 4.48. The van der Waals surface area contributed by atoms with Crippen LogP contribution >= 0.6 is 0 Å². The molecule has 0 aliphatic rings. The van der Waals surface area contributed by atoms with Crippen LogP contribution in [-0.4, -0.2) is 22.9 Å². The van der Waals surface area contributed by atoms with Gasteiger partial charge in [-0.1, -0.05) is 18.2 Å². The molecule has 1 aromatic rings. The molecule has 1 rings (SSSR count). The number of aliphatic hydroxyl groups excluding tert-OH is 1. The molecule has 1 amide bonds. The van der Waals surface area contributed by atoms with E-state index in [-0.39, 0.29) is 5.56 Å². The highest BCUT2D eigenvalue weighted by molar-refractivity contribution is 5.64. The third-order valence-corrected chi connectivity index (χ3v) is 2.07. The molecule has 3 N–H and O–H groups in total. The van der Waals surface area contributed by atoms with Gasteiger partial charge in [0.15, 0.2) is 0 Å². The smallest absolute Gasteiger partial charge is 0.416 e. The average Bonchev–Trinajstić information content (AvgIpc) is 2.24. The van der Waals surface area contributed by atoms with Gasteiger partial charge in [0.05, 0.1) is 18.2 Å². The number of hydrogen-bond acceptors (Lipinski definition) is 2. The Kier molecular flexibility index (Phi) is 3.95. The standard InChI is InChI=1S/C10H10F3NO3/c11-10(12,13)7-4-2-1-3-6(7)8(15)5-14-9(16)17/h1-4,8,14-15H,5H2,(H,16,17). The Balaban J connectivity index is 2.93. The number of nitrogens with one attached hydrogen (secondary N) is 1. The lowest BCUT2D eigenvalue weighted by Gasteiger charge is -2.17. The van der Waals surface area contributed by atoms with Crippen LogP contribution in [0.2, 0.25) is 0 Å². The summed E-state index contributed by atoms with van der Waals surface area (Å²) < 4.78 is 37.7. The lowest BCUT2D eigenvalue weighted by Crippen LogP contribution is -2.27. The second-order valence-electron chi connectivity index (χ2n) is 3.29. The van der Waals surface area contributed by atoms with Crippen LogP contribution in [0.3, 0.4) is 0 Å². The molecular weight excluding hydrogens is 239 g/mol. The minimum absolute atomic E-state index is 0.353. The first-order valence-corrected chi connectivity index (χ1v) is 4.63. The number of carboxylic acid groups (broad SMARTS) is 1. The topological polar surface area (TPSA) is 69.6 Å². The van der Waals surface area contributed by atoms with E-state index in [1.807, 2.05) is 5.32 Å². The summed E-state index contributed by atoms with van der Waals surface area (Å²) in [6.45, 7) is -0.498. The highest BCUT2D eigenvalue weighted by Gasteiger charge is 2.34. The van der Waals surface area contributed by atoms with Gasteiger partial charge >= 0.3 is 12.3 Å². The molecular formula is C10H10F3NO3. The summed E-state index contributed by atoms with van der Waals surface area (Å²) in [7, 11) is 0. The molecule has 4 nitrogen and oxygen atoms in total. The SMILES string of the molecule is O=C(O)NCC(O)c1ccccc1C(F)(F)F. The van der Waals surface area contributed by atoms with Crippen molar-refractivity contribution in [1.82, 2.24) is 5.32 Å². The Morgan fingerprint density at radius 2 is 1.94 bits per heavy atom. The summed E-state index contributed by atoms with van der Waals surface area (Å²) in [6.07, 6.45) is -7.53. The molecule has 0 aromatic heterocycles. The van der Waals surface area contributed by atoms with Crippen LogP contribution in [0.4, 0.5) is 18.0 Å². The largest absolute Gasteiger partial charge is 0.465 e. The summed E-state index contributed by atoms with van der Waals surface area (Å²) in [5, 5.41) is 19.6. The molecule has 94 valence electrons. The monoisotopic (exact) mass is 249 g/mol. The first-order chi connectivity index (χ1) is 7.82. The van der Waals surface area contributed by atoms with Gasteiger partial charge in [-0.2, -0.15) is 13.2 Å². The van der Waals surface area contributed by atoms with Gasteiger partial charge in [-0.25, -0.2) is 4.79 Å². The van der Waals surface area contributed by atoms with Gasteiger partial charge in [0.2, 0.25) is 0 Å². The Morgan fingerprint density at radius 3 is 2.47 bits per heavy atom. The van der Waals surface area contributed by atoms with Crippen molar-refractivity contribution in [2.75, 3.05) is 6.54 Å². The van der Waals surface area contributed by atoms with Crippen molar-refractivity contribution >= 4 is 6.09 Å². The molecule has 0 aliphatic carbocycles. The van der Waals surface area contributed by atoms with Crippen LogP contribution < -0.4 is 5.32 Å². The van der Waals surface area contributed by atoms with Gasteiger partial charge in [0.25, 0.3) is 0 Å². The van der Waals surface area contributed by atoms with Gasteiger partial charge < -0.3 is 15.5 Å². The van der Waals surface area contributed by atoms with E-state index < -0.39 is 30.5 Å². The molecule has 1 aromatic carbocycles. The van der Waals surface area contributed by atoms with Crippen LogP contribution in [0.5, 0.6) is 0 Å². The van der Waals surface area contributed by atoms with E-state index in [1.54, 1.807) is 0 Å². The van der Waals surface area contributed by atoms with Gasteiger partial charge in [-0.3, -0.25) is 0 Å². The molecule has 0 saturated carbocycles. The predicted octanol–water partition coefficient (Wildman–Crippen LogP) is 2.01. The number of rotatable bonds is 3. The zero-order valence-electron chi connectivity index (χ0n) is 8.53. The summed E-state index contributed by atoms with van der Waals surface area (Å²) >= 11 is 0. The molecule has 7 heteroatoms. The second-order valence-corrected chi connectivity index (χ2v) is 3.29. The molecule has 0 bridgehead atoms. The normalized spacial score (nSPS) is 13.2. The average molecular weight is 249 g/mol. The van der Waals surface area contributed by atoms with Crippen molar-refractivity contribution in [1.29, 1.82) is 0 Å². The molecule has 17 heavy (non-hydrogen) atoms. The second kappa shape index (κ2) is 5.05. The predicted molar refractivity (Wildman–Crippen MR) is 52.4 cm³/mol. The van der Waals surface area contributed by atoms with Crippen molar-refractivity contribution in [2.45, 2.75) is 12.3 Å². The number of alkyl halides is 3. The fourth-order valence-corrected chi connectivity index (χ4v) is 1.34. The minimum Gasteiger partial charge on any atom is -0.465 e. The zero-order chi connectivity index (χ0) is 13.1. The van der Waals surface area contributed by atoms with Gasteiger partial charge in [0, 0.05) is 0 Å². The summed E-state index contributed by atoms with van der Waals surface area (Å²) in [4.78, 5) is 10.2. The molecule has 1 atom stereocenters. The molecule has 0 fully saturated rings. The van der Waals surface area contributed by atoms with E-state index in [4.69, 9.17) is 5.11 Å². The fourth-order valence-electron chi connectivity index (χ4n) is 1.34. The van der Waals surface area contributed by atoms with E-state index in [1.165, 1.54) is 12.1 Å². The van der Waals surface area contributed by atoms with Gasteiger partial charge in [-0.05, 0) is 11.6 Å². The minimum atomic E-state index is -4.58. The number of carbonyl (C=O) groups is 1. The summed E-state index contributed by atoms with van der Waals surface area (Å²) in [5.74, 6) is 0. The number of halogens is 3. The lowest BCUT2D eigenvalue weighted by atomic mass is 10.0. The number of aliphatic hydroxyl groups is 1. The highest BCUT2D eigenvalue weighted by Crippen LogP contribution is 2.34. The third-order valence-electron chi connectivity index (χ3n) is 2.07. The molecule has 0 radical (unpaired) electrons. The van der Waals surface area contributed by atoms with E-state index in [9.17, 15) is 23.1 Å². The van der Waals surface area contributed by atoms with Crippen molar-refractivity contribution in [2.24, 2.45) is 0 Å². The molecule has 0 aliphatic heterocycles.